The fraction of sp³-hybridized carbons (Fsp3) is 0.304. The van der Waals surface area contributed by atoms with Gasteiger partial charge in [0.05, 0.1) is 12.2 Å². The van der Waals surface area contributed by atoms with Crippen LogP contribution in [0.15, 0.2) is 54.7 Å². The van der Waals surface area contributed by atoms with Crippen molar-refractivity contribution in [3.63, 3.8) is 0 Å². The molecule has 152 valence electrons. The van der Waals surface area contributed by atoms with Gasteiger partial charge in [-0.1, -0.05) is 36.4 Å². The number of imidazole rings is 1. The highest BCUT2D eigenvalue weighted by Crippen LogP contribution is 2.25. The Morgan fingerprint density at radius 3 is 2.52 bits per heavy atom. The van der Waals surface area contributed by atoms with Crippen molar-refractivity contribution in [2.24, 2.45) is 0 Å². The number of amides is 1. The molecule has 2 N–H and O–H groups in total. The second-order valence-electron chi connectivity index (χ2n) is 7.48. The number of rotatable bonds is 8. The minimum Gasteiger partial charge on any atom is -0.308 e. The van der Waals surface area contributed by atoms with Crippen LogP contribution in [0.4, 0.5) is 5.95 Å². The first-order chi connectivity index (χ1) is 13.9. The first kappa shape index (κ1) is 20.8. The highest BCUT2D eigenvalue weighted by atomic mass is 16.2. The fourth-order valence-electron chi connectivity index (χ4n) is 2.96. The van der Waals surface area contributed by atoms with Crippen LogP contribution in [-0.2, 0) is 4.79 Å². The SMILES string of the molecule is Cc1ccc(-n2cc(-c3ccccc3)nc2NC(=O)CNCCN(C)C)cc1C. The normalized spacial score (nSPS) is 11.1. The largest absolute Gasteiger partial charge is 0.308 e. The minimum atomic E-state index is -0.112. The van der Waals surface area contributed by atoms with Gasteiger partial charge in [0.15, 0.2) is 0 Å². The number of hydrogen-bond donors (Lipinski definition) is 2. The molecule has 0 aliphatic rings. The van der Waals surface area contributed by atoms with Crippen LogP contribution in [0.5, 0.6) is 0 Å². The van der Waals surface area contributed by atoms with E-state index in [0.717, 1.165) is 30.0 Å². The lowest BCUT2D eigenvalue weighted by Crippen LogP contribution is -2.33. The summed E-state index contributed by atoms with van der Waals surface area (Å²) in [5.41, 5.74) is 5.22. The summed E-state index contributed by atoms with van der Waals surface area (Å²) in [5, 5.41) is 6.12. The quantitative estimate of drug-likeness (QED) is 0.579. The molecule has 1 aromatic heterocycles. The Bertz CT molecular complexity index is 963. The zero-order valence-corrected chi connectivity index (χ0v) is 17.6. The van der Waals surface area contributed by atoms with Crippen LogP contribution >= 0.6 is 0 Å². The number of anilines is 1. The van der Waals surface area contributed by atoms with Gasteiger partial charge in [0.25, 0.3) is 0 Å². The van der Waals surface area contributed by atoms with Crippen LogP contribution in [0.3, 0.4) is 0 Å². The lowest BCUT2D eigenvalue weighted by Gasteiger charge is -2.12. The summed E-state index contributed by atoms with van der Waals surface area (Å²) >= 11 is 0. The lowest BCUT2D eigenvalue weighted by molar-refractivity contribution is -0.115. The minimum absolute atomic E-state index is 0.112. The van der Waals surface area contributed by atoms with Crippen LogP contribution in [0.1, 0.15) is 11.1 Å². The maximum absolute atomic E-state index is 12.5. The molecule has 0 fully saturated rings. The maximum atomic E-state index is 12.5. The number of aromatic nitrogens is 2. The molecule has 3 aromatic rings. The maximum Gasteiger partial charge on any atom is 0.240 e. The van der Waals surface area contributed by atoms with Gasteiger partial charge in [-0.3, -0.25) is 14.7 Å². The first-order valence-electron chi connectivity index (χ1n) is 9.82. The second kappa shape index (κ2) is 9.49. The standard InChI is InChI=1S/C23H29N5O/c1-17-10-11-20(14-18(17)2)28-16-21(19-8-6-5-7-9-19)25-23(28)26-22(29)15-24-12-13-27(3)4/h5-11,14,16,24H,12-13,15H2,1-4H3,(H,25,26,29). The number of carbonyl (C=O) groups is 1. The average molecular weight is 392 g/mol. The summed E-state index contributed by atoms with van der Waals surface area (Å²) in [5.74, 6) is 0.408. The van der Waals surface area contributed by atoms with E-state index in [2.05, 4.69) is 41.5 Å². The molecule has 0 atom stereocenters. The number of likely N-dealkylation sites (N-methyl/N-ethyl adjacent to an activating group) is 1. The van der Waals surface area contributed by atoms with Gasteiger partial charge >= 0.3 is 0 Å². The van der Waals surface area contributed by atoms with E-state index >= 15 is 0 Å². The van der Waals surface area contributed by atoms with Crippen LogP contribution in [0.25, 0.3) is 16.9 Å². The van der Waals surface area contributed by atoms with E-state index in [0.29, 0.717) is 5.95 Å². The Balaban J connectivity index is 1.85. The predicted molar refractivity (Wildman–Crippen MR) is 119 cm³/mol. The van der Waals surface area contributed by atoms with Crippen molar-refractivity contribution < 1.29 is 4.79 Å². The number of aryl methyl sites for hydroxylation is 2. The summed E-state index contributed by atoms with van der Waals surface area (Å²) in [6, 6.07) is 16.2. The Labute approximate surface area is 172 Å². The van der Waals surface area contributed by atoms with Crippen molar-refractivity contribution >= 4 is 11.9 Å². The van der Waals surface area contributed by atoms with Crippen LogP contribution < -0.4 is 10.6 Å². The molecule has 0 radical (unpaired) electrons. The number of nitrogens with zero attached hydrogens (tertiary/aromatic N) is 3. The predicted octanol–water partition coefficient (Wildman–Crippen LogP) is 3.25. The van der Waals surface area contributed by atoms with E-state index in [9.17, 15) is 4.79 Å². The summed E-state index contributed by atoms with van der Waals surface area (Å²) in [7, 11) is 4.01. The molecule has 2 aromatic carbocycles. The summed E-state index contributed by atoms with van der Waals surface area (Å²) < 4.78 is 1.94. The summed E-state index contributed by atoms with van der Waals surface area (Å²) in [4.78, 5) is 19.2. The zero-order chi connectivity index (χ0) is 20.8. The molecule has 3 rings (SSSR count). The molecular weight excluding hydrogens is 362 g/mol. The van der Waals surface area contributed by atoms with Crippen LogP contribution in [-0.4, -0.2) is 54.1 Å². The van der Waals surface area contributed by atoms with Crippen molar-refractivity contribution in [3.05, 3.63) is 65.9 Å². The highest BCUT2D eigenvalue weighted by molar-refractivity contribution is 5.91. The Morgan fingerprint density at radius 1 is 1.07 bits per heavy atom. The molecular formula is C23H29N5O. The monoisotopic (exact) mass is 391 g/mol. The summed E-state index contributed by atoms with van der Waals surface area (Å²) in [6.07, 6.45) is 1.97. The van der Waals surface area contributed by atoms with Gasteiger partial charge in [-0.05, 0) is 51.2 Å². The smallest absolute Gasteiger partial charge is 0.240 e. The molecule has 29 heavy (non-hydrogen) atoms. The molecule has 0 saturated heterocycles. The number of hydrogen-bond acceptors (Lipinski definition) is 4. The van der Waals surface area contributed by atoms with Gasteiger partial charge in [-0.2, -0.15) is 0 Å². The van der Waals surface area contributed by atoms with E-state index in [4.69, 9.17) is 4.98 Å². The van der Waals surface area contributed by atoms with Crippen LogP contribution in [0.2, 0.25) is 0 Å². The number of carbonyl (C=O) groups excluding carboxylic acids is 1. The zero-order valence-electron chi connectivity index (χ0n) is 17.6. The molecule has 1 amide bonds. The fourth-order valence-corrected chi connectivity index (χ4v) is 2.96. The molecule has 0 bridgehead atoms. The van der Waals surface area contributed by atoms with E-state index in [1.807, 2.05) is 61.3 Å². The van der Waals surface area contributed by atoms with E-state index < -0.39 is 0 Å². The van der Waals surface area contributed by atoms with Crippen molar-refractivity contribution in [1.29, 1.82) is 0 Å². The third kappa shape index (κ3) is 5.53. The average Bonchev–Trinajstić information content (AvgIpc) is 3.11. The van der Waals surface area contributed by atoms with E-state index in [-0.39, 0.29) is 12.5 Å². The van der Waals surface area contributed by atoms with Gasteiger partial charge in [0.2, 0.25) is 11.9 Å². The van der Waals surface area contributed by atoms with Gasteiger partial charge in [0, 0.05) is 30.5 Å². The van der Waals surface area contributed by atoms with E-state index in [1.54, 1.807) is 0 Å². The number of benzene rings is 2. The Hall–Kier alpha value is -2.96. The van der Waals surface area contributed by atoms with E-state index in [1.165, 1.54) is 11.1 Å². The topological polar surface area (TPSA) is 62.2 Å². The number of nitrogens with one attached hydrogen (secondary N) is 2. The summed E-state index contributed by atoms with van der Waals surface area (Å²) in [6.45, 7) is 6.05. The van der Waals surface area contributed by atoms with Crippen molar-refractivity contribution in [2.75, 3.05) is 39.0 Å². The molecule has 0 unspecified atom stereocenters. The third-order valence-electron chi connectivity index (χ3n) is 4.82. The van der Waals surface area contributed by atoms with Crippen molar-refractivity contribution in [1.82, 2.24) is 19.8 Å². The second-order valence-corrected chi connectivity index (χ2v) is 7.48. The van der Waals surface area contributed by atoms with Crippen LogP contribution in [0, 0.1) is 13.8 Å². The van der Waals surface area contributed by atoms with Gasteiger partial charge in [0.1, 0.15) is 0 Å². The molecule has 0 saturated carbocycles. The Kier molecular flexibility index (Phi) is 6.80. The molecule has 0 aliphatic heterocycles. The van der Waals surface area contributed by atoms with Crippen molar-refractivity contribution in [2.45, 2.75) is 13.8 Å². The third-order valence-corrected chi connectivity index (χ3v) is 4.82. The first-order valence-corrected chi connectivity index (χ1v) is 9.82. The van der Waals surface area contributed by atoms with Gasteiger partial charge in [-0.25, -0.2) is 4.98 Å². The molecule has 6 nitrogen and oxygen atoms in total. The Morgan fingerprint density at radius 2 is 1.83 bits per heavy atom. The highest BCUT2D eigenvalue weighted by Gasteiger charge is 2.14. The van der Waals surface area contributed by atoms with Crippen molar-refractivity contribution in [3.8, 4) is 16.9 Å². The lowest BCUT2D eigenvalue weighted by atomic mass is 10.1. The molecule has 1 heterocycles. The molecule has 0 aliphatic carbocycles. The molecule has 6 heteroatoms. The molecule has 0 spiro atoms. The van der Waals surface area contributed by atoms with Gasteiger partial charge in [-0.15, -0.1) is 0 Å². The van der Waals surface area contributed by atoms with Gasteiger partial charge < -0.3 is 10.2 Å².